The molecule has 8 aromatic rings. The number of halogens is 2. The number of nitrogens with two attached hydrogens (primary N) is 1. The Labute approximate surface area is 375 Å². The van der Waals surface area contributed by atoms with Gasteiger partial charge in [-0.05, 0) is 130 Å². The fourth-order valence-corrected chi connectivity index (χ4v) is 11.2. The van der Waals surface area contributed by atoms with Crippen LogP contribution in [0.5, 0.6) is 0 Å². The summed E-state index contributed by atoms with van der Waals surface area (Å²) in [6.07, 6.45) is 15.2. The molecule has 4 fully saturated rings. The number of fused-ring (bicyclic) bond motifs is 4. The van der Waals surface area contributed by atoms with E-state index >= 15 is 0 Å². The van der Waals surface area contributed by atoms with E-state index in [9.17, 15) is 19.2 Å². The summed E-state index contributed by atoms with van der Waals surface area (Å²) in [5.41, 5.74) is 10.7. The van der Waals surface area contributed by atoms with Crippen LogP contribution in [0.3, 0.4) is 0 Å². The highest BCUT2D eigenvalue weighted by atomic mass is 79.9. The first kappa shape index (κ1) is 41.0. The average molecular weight is 975 g/mol. The number of aromatic carboxylic acids is 1. The molecule has 0 saturated heterocycles. The van der Waals surface area contributed by atoms with Gasteiger partial charge in [-0.15, -0.1) is 0 Å². The maximum Gasteiger partial charge on any atom is 0.339 e. The van der Waals surface area contributed by atoms with Gasteiger partial charge in [-0.2, -0.15) is 20.4 Å². The number of carboxylic acids is 1. The Kier molecular flexibility index (Phi) is 10.4. The zero-order chi connectivity index (χ0) is 43.6. The smallest absolute Gasteiger partial charge is 0.339 e. The quantitative estimate of drug-likeness (QED) is 0.114. The lowest BCUT2D eigenvalue weighted by Crippen LogP contribution is -2.55. The van der Waals surface area contributed by atoms with Crippen LogP contribution in [0, 0.1) is 10.8 Å². The lowest BCUT2D eigenvalue weighted by atomic mass is 9.49. The van der Waals surface area contributed by atoms with E-state index < -0.39 is 5.97 Å². The number of hydrogen-bond acceptors (Lipinski definition) is 9. The van der Waals surface area contributed by atoms with Crippen molar-refractivity contribution in [2.75, 3.05) is 0 Å². The number of pyridine rings is 2. The van der Waals surface area contributed by atoms with Crippen LogP contribution in [0.1, 0.15) is 95.3 Å². The fourth-order valence-electron chi connectivity index (χ4n) is 10.6. The number of nitrogens with zero attached hydrogens (tertiary/aromatic N) is 6. The molecule has 1 amide bonds. The first-order valence-corrected chi connectivity index (χ1v) is 22.5. The average Bonchev–Trinajstić information content (AvgIpc) is 3.85. The first-order valence-electron chi connectivity index (χ1n) is 20.9. The van der Waals surface area contributed by atoms with Gasteiger partial charge in [-0.1, -0.05) is 36.4 Å². The van der Waals surface area contributed by atoms with Crippen molar-refractivity contribution < 1.29 is 14.7 Å². The number of amides is 1. The second-order valence-corrected chi connectivity index (χ2v) is 19.5. The number of benzene rings is 2. The molecule has 4 aliphatic rings. The molecule has 0 aliphatic heterocycles. The van der Waals surface area contributed by atoms with E-state index in [1.807, 2.05) is 66.9 Å². The van der Waals surface area contributed by atoms with Crippen LogP contribution in [-0.4, -0.2) is 68.7 Å². The molecule has 4 saturated carbocycles. The normalized spacial score (nSPS) is 24.4. The largest absolute Gasteiger partial charge is 0.478 e. The van der Waals surface area contributed by atoms with Gasteiger partial charge in [-0.25, -0.2) is 24.0 Å². The van der Waals surface area contributed by atoms with Gasteiger partial charge in [0.15, 0.2) is 0 Å². The van der Waals surface area contributed by atoms with E-state index in [-0.39, 0.29) is 34.0 Å². The number of carboxylic acid groups (broad SMARTS) is 1. The molecule has 6 heterocycles. The van der Waals surface area contributed by atoms with Crippen LogP contribution < -0.4 is 22.2 Å². The Morgan fingerprint density at radius 1 is 0.651 bits per heavy atom. The zero-order valence-electron chi connectivity index (χ0n) is 33.8. The van der Waals surface area contributed by atoms with E-state index in [1.54, 1.807) is 29.0 Å². The van der Waals surface area contributed by atoms with Crippen LogP contribution >= 0.6 is 31.9 Å². The summed E-state index contributed by atoms with van der Waals surface area (Å²) in [7, 11) is 0. The maximum atomic E-state index is 12.8. The van der Waals surface area contributed by atoms with Crippen LogP contribution in [-0.2, 0) is 0 Å². The second-order valence-electron chi connectivity index (χ2n) is 17.7. The number of carbonyl (C=O) groups excluding carboxylic acids is 1. The number of carbonyl (C=O) groups is 2. The highest BCUT2D eigenvalue weighted by molar-refractivity contribution is 9.10. The Hall–Kier alpha value is -6.04. The van der Waals surface area contributed by atoms with Crippen molar-refractivity contribution >= 4 is 76.3 Å². The van der Waals surface area contributed by atoms with Crippen LogP contribution in [0.4, 0.5) is 0 Å². The molecule has 15 nitrogen and oxygen atoms in total. The summed E-state index contributed by atoms with van der Waals surface area (Å²) in [6.45, 7) is 0. The molecule has 17 heteroatoms. The molecular weight excluding hydrogens is 932 g/mol. The summed E-state index contributed by atoms with van der Waals surface area (Å²) < 4.78 is 5.01. The number of nitrogens with one attached hydrogen (secondary N) is 3. The SMILES string of the molecule is NC1CC2(C1)CC(c1n[nH]c(=O)c3ccccc13)C2.O=C(NC1CC2(C1)CC(c1n[nH]c(=O)c3ccccc13)C2)c1cnn2cc(Br)ccc12.O=C(O)c1cnn2cc(Br)ccc12. The van der Waals surface area contributed by atoms with Crippen molar-refractivity contribution in [2.24, 2.45) is 16.6 Å². The Balaban J connectivity index is 0.000000125. The fraction of sp³-hybridized carbons (Fsp3) is 0.304. The maximum absolute atomic E-state index is 12.8. The van der Waals surface area contributed by atoms with E-state index in [4.69, 9.17) is 10.8 Å². The third-order valence-corrected chi connectivity index (χ3v) is 14.4. The van der Waals surface area contributed by atoms with Crippen molar-refractivity contribution in [1.29, 1.82) is 0 Å². The minimum absolute atomic E-state index is 0.0682. The van der Waals surface area contributed by atoms with Gasteiger partial charge in [0, 0.05) is 56.0 Å². The molecule has 4 aliphatic carbocycles. The number of rotatable bonds is 5. The van der Waals surface area contributed by atoms with E-state index in [1.165, 1.54) is 23.6 Å². The van der Waals surface area contributed by atoms with Gasteiger partial charge in [0.05, 0.1) is 51.2 Å². The summed E-state index contributed by atoms with van der Waals surface area (Å²) in [5, 5.41) is 37.5. The summed E-state index contributed by atoms with van der Waals surface area (Å²) >= 11 is 6.69. The molecule has 0 bridgehead atoms. The minimum atomic E-state index is -0.961. The van der Waals surface area contributed by atoms with E-state index in [2.05, 4.69) is 67.8 Å². The molecule has 12 rings (SSSR count). The van der Waals surface area contributed by atoms with Gasteiger partial charge in [0.2, 0.25) is 0 Å². The first-order chi connectivity index (χ1) is 30.4. The summed E-state index contributed by atoms with van der Waals surface area (Å²) in [5.74, 6) is -0.190. The predicted molar refractivity (Wildman–Crippen MR) is 244 cm³/mol. The summed E-state index contributed by atoms with van der Waals surface area (Å²) in [4.78, 5) is 47.3. The van der Waals surface area contributed by atoms with Crippen molar-refractivity contribution in [3.63, 3.8) is 0 Å². The van der Waals surface area contributed by atoms with Crippen LogP contribution in [0.25, 0.3) is 32.6 Å². The van der Waals surface area contributed by atoms with Gasteiger partial charge in [0.1, 0.15) is 5.56 Å². The Morgan fingerprint density at radius 3 is 1.57 bits per heavy atom. The predicted octanol–water partition coefficient (Wildman–Crippen LogP) is 7.49. The van der Waals surface area contributed by atoms with E-state index in [0.717, 1.165) is 80.5 Å². The number of aromatic nitrogens is 8. The molecule has 63 heavy (non-hydrogen) atoms. The zero-order valence-corrected chi connectivity index (χ0v) is 37.0. The van der Waals surface area contributed by atoms with E-state index in [0.29, 0.717) is 39.8 Å². The molecule has 320 valence electrons. The van der Waals surface area contributed by atoms with Crippen molar-refractivity contribution in [2.45, 2.75) is 75.3 Å². The third-order valence-electron chi connectivity index (χ3n) is 13.5. The van der Waals surface area contributed by atoms with Crippen molar-refractivity contribution in [1.82, 2.24) is 44.9 Å². The number of hydrogen-bond donors (Lipinski definition) is 5. The molecule has 0 radical (unpaired) electrons. The highest BCUT2D eigenvalue weighted by Gasteiger charge is 2.54. The standard InChI is InChI=1S/C23H20BrN5O2.C15H17N3O.C8H5BrN2O2/c24-14-5-6-19-18(11-25-29(19)12-14)21(30)26-15-9-23(10-15)7-13(8-23)20-16-3-1-2-4-17(16)22(31)28-27-20;16-10-7-15(8-10)5-9(6-15)13-11-3-1-2-4-12(11)14(19)18-17-13;9-5-1-2-7-6(8(12)13)3-10-11(7)4-5/h1-6,11-13,15H,7-10H2,(H,26,30)(H,28,31);1-4,9-10H,5-8,16H2,(H,18,19);1-4H,(H,12,13). The third kappa shape index (κ3) is 7.65. The molecule has 6 aromatic heterocycles. The topological polar surface area (TPSA) is 219 Å². The van der Waals surface area contributed by atoms with Crippen LogP contribution in [0.15, 0.2) is 116 Å². The lowest BCUT2D eigenvalue weighted by Gasteiger charge is -2.57. The molecule has 0 unspecified atom stereocenters. The highest BCUT2D eigenvalue weighted by Crippen LogP contribution is 2.63. The van der Waals surface area contributed by atoms with Crippen LogP contribution in [0.2, 0.25) is 0 Å². The van der Waals surface area contributed by atoms with Crippen molar-refractivity contribution in [3.05, 3.63) is 150 Å². The Morgan fingerprint density at radius 2 is 1.10 bits per heavy atom. The second kappa shape index (κ2) is 15.9. The molecular formula is C46H42Br2N10O5. The lowest BCUT2D eigenvalue weighted by molar-refractivity contribution is -0.0196. The van der Waals surface area contributed by atoms with Gasteiger partial charge in [-0.3, -0.25) is 14.4 Å². The molecule has 6 N–H and O–H groups in total. The minimum Gasteiger partial charge on any atom is -0.478 e. The summed E-state index contributed by atoms with van der Waals surface area (Å²) in [6, 6.07) is 23.3. The van der Waals surface area contributed by atoms with Crippen molar-refractivity contribution in [3.8, 4) is 0 Å². The molecule has 0 atom stereocenters. The molecule has 2 aromatic carbocycles. The molecule has 2 spiro atoms. The van der Waals surface area contributed by atoms with Gasteiger partial charge in [0.25, 0.3) is 17.0 Å². The Bertz CT molecular complexity index is 3200. The van der Waals surface area contributed by atoms with Gasteiger partial charge >= 0.3 is 5.97 Å². The monoisotopic (exact) mass is 972 g/mol. The number of H-pyrrole nitrogens is 2. The van der Waals surface area contributed by atoms with Gasteiger partial charge < -0.3 is 16.2 Å². The number of aromatic amines is 2.